The van der Waals surface area contributed by atoms with Gasteiger partial charge >= 0.3 is 5.97 Å². The third kappa shape index (κ3) is 4.74. The van der Waals surface area contributed by atoms with Gasteiger partial charge in [-0.15, -0.1) is 0 Å². The van der Waals surface area contributed by atoms with Gasteiger partial charge < -0.3 is 19.7 Å². The maximum Gasteiger partial charge on any atom is 0.324 e. The minimum absolute atomic E-state index is 0.242. The smallest absolute Gasteiger partial charge is 0.324 e. The molecule has 0 fully saturated rings. The van der Waals surface area contributed by atoms with Crippen LogP contribution in [0.4, 0.5) is 5.69 Å². The molecule has 0 aromatic heterocycles. The van der Waals surface area contributed by atoms with Gasteiger partial charge in [-0.2, -0.15) is 0 Å². The Morgan fingerprint density at radius 3 is 2.75 bits per heavy atom. The standard InChI is InChI=1S/C15H24N2O3/c1-5-9-16-14(15(18)20-4)11-17(2)12-7-6-8-13(10-12)19-3/h6-8,10,14,16H,5,9,11H2,1-4H3. The number of nitrogens with one attached hydrogen (secondary N) is 1. The largest absolute Gasteiger partial charge is 0.497 e. The third-order valence-electron chi connectivity index (χ3n) is 3.08. The Hall–Kier alpha value is -1.75. The Labute approximate surface area is 120 Å². The van der Waals surface area contributed by atoms with Crippen molar-refractivity contribution in [3.8, 4) is 5.75 Å². The van der Waals surface area contributed by atoms with Crippen molar-refractivity contribution in [1.82, 2.24) is 5.32 Å². The number of esters is 1. The van der Waals surface area contributed by atoms with Gasteiger partial charge in [0.15, 0.2) is 0 Å². The highest BCUT2D eigenvalue weighted by Gasteiger charge is 2.20. The van der Waals surface area contributed by atoms with E-state index in [0.717, 1.165) is 24.4 Å². The SMILES string of the molecule is CCCNC(CN(C)c1cccc(OC)c1)C(=O)OC. The molecular weight excluding hydrogens is 256 g/mol. The van der Waals surface area contributed by atoms with E-state index in [2.05, 4.69) is 12.2 Å². The quantitative estimate of drug-likeness (QED) is 0.734. The predicted molar refractivity (Wildman–Crippen MR) is 80.4 cm³/mol. The third-order valence-corrected chi connectivity index (χ3v) is 3.08. The summed E-state index contributed by atoms with van der Waals surface area (Å²) in [5.74, 6) is 0.554. The van der Waals surface area contributed by atoms with Crippen LogP contribution in [-0.2, 0) is 9.53 Å². The lowest BCUT2D eigenvalue weighted by atomic mass is 10.2. The fraction of sp³-hybridized carbons (Fsp3) is 0.533. The van der Waals surface area contributed by atoms with Crippen LogP contribution in [-0.4, -0.2) is 46.4 Å². The molecule has 0 aliphatic carbocycles. The summed E-state index contributed by atoms with van der Waals surface area (Å²) in [7, 11) is 4.99. The average Bonchev–Trinajstić information content (AvgIpc) is 2.50. The molecule has 1 atom stereocenters. The molecule has 1 unspecified atom stereocenters. The Kier molecular flexibility index (Phi) is 6.87. The highest BCUT2D eigenvalue weighted by Crippen LogP contribution is 2.20. The summed E-state index contributed by atoms with van der Waals surface area (Å²) < 4.78 is 10.0. The van der Waals surface area contributed by atoms with Crippen LogP contribution in [0.1, 0.15) is 13.3 Å². The van der Waals surface area contributed by atoms with Crippen molar-refractivity contribution in [3.05, 3.63) is 24.3 Å². The number of carbonyl (C=O) groups excluding carboxylic acids is 1. The number of methoxy groups -OCH3 is 2. The Morgan fingerprint density at radius 1 is 1.40 bits per heavy atom. The van der Waals surface area contributed by atoms with Crippen LogP contribution in [0.2, 0.25) is 0 Å². The van der Waals surface area contributed by atoms with Gasteiger partial charge in [0.1, 0.15) is 11.8 Å². The number of rotatable bonds is 8. The summed E-state index contributed by atoms with van der Waals surface area (Å²) in [5, 5.41) is 3.20. The van der Waals surface area contributed by atoms with E-state index >= 15 is 0 Å². The summed E-state index contributed by atoms with van der Waals surface area (Å²) >= 11 is 0. The molecule has 0 amide bonds. The number of ether oxygens (including phenoxy) is 2. The molecule has 5 nitrogen and oxygen atoms in total. The molecule has 20 heavy (non-hydrogen) atoms. The van der Waals surface area contributed by atoms with E-state index in [4.69, 9.17) is 9.47 Å². The Balaban J connectivity index is 2.73. The fourth-order valence-electron chi connectivity index (χ4n) is 1.91. The summed E-state index contributed by atoms with van der Waals surface area (Å²) in [5.41, 5.74) is 0.997. The zero-order valence-corrected chi connectivity index (χ0v) is 12.7. The zero-order chi connectivity index (χ0) is 15.0. The molecule has 1 aromatic rings. The van der Waals surface area contributed by atoms with Crippen molar-refractivity contribution in [3.63, 3.8) is 0 Å². The molecule has 0 aliphatic heterocycles. The molecule has 112 valence electrons. The first-order valence-corrected chi connectivity index (χ1v) is 6.78. The minimum Gasteiger partial charge on any atom is -0.497 e. The number of hydrogen-bond acceptors (Lipinski definition) is 5. The van der Waals surface area contributed by atoms with Crippen molar-refractivity contribution in [2.24, 2.45) is 0 Å². The molecule has 1 rings (SSSR count). The van der Waals surface area contributed by atoms with Gasteiger partial charge in [0.05, 0.1) is 14.2 Å². The monoisotopic (exact) mass is 280 g/mol. The lowest BCUT2D eigenvalue weighted by Crippen LogP contribution is -2.46. The first-order valence-electron chi connectivity index (χ1n) is 6.78. The highest BCUT2D eigenvalue weighted by molar-refractivity contribution is 5.76. The molecule has 0 saturated heterocycles. The molecule has 0 spiro atoms. The number of hydrogen-bond donors (Lipinski definition) is 1. The second kappa shape index (κ2) is 8.43. The van der Waals surface area contributed by atoms with Crippen LogP contribution in [0.5, 0.6) is 5.75 Å². The second-order valence-electron chi connectivity index (χ2n) is 4.61. The van der Waals surface area contributed by atoms with Gasteiger partial charge in [-0.3, -0.25) is 4.79 Å². The van der Waals surface area contributed by atoms with Crippen molar-refractivity contribution in [2.45, 2.75) is 19.4 Å². The van der Waals surface area contributed by atoms with E-state index in [1.54, 1.807) is 7.11 Å². The van der Waals surface area contributed by atoms with Crippen molar-refractivity contribution < 1.29 is 14.3 Å². The number of benzene rings is 1. The molecule has 5 heteroatoms. The van der Waals surface area contributed by atoms with Crippen LogP contribution < -0.4 is 15.0 Å². The summed E-state index contributed by atoms with van der Waals surface area (Å²) in [6.07, 6.45) is 0.969. The molecular formula is C15H24N2O3. The fourth-order valence-corrected chi connectivity index (χ4v) is 1.91. The molecule has 0 radical (unpaired) electrons. The van der Waals surface area contributed by atoms with Gasteiger partial charge in [0, 0.05) is 25.3 Å². The van der Waals surface area contributed by atoms with E-state index < -0.39 is 0 Å². The van der Waals surface area contributed by atoms with E-state index in [1.807, 2.05) is 36.2 Å². The predicted octanol–water partition coefficient (Wildman–Crippen LogP) is 1.67. The molecule has 0 aliphatic rings. The first-order chi connectivity index (χ1) is 9.62. The maximum atomic E-state index is 11.8. The van der Waals surface area contributed by atoms with Crippen LogP contribution in [0.25, 0.3) is 0 Å². The Bertz CT molecular complexity index is 423. The van der Waals surface area contributed by atoms with Crippen LogP contribution in [0.3, 0.4) is 0 Å². The topological polar surface area (TPSA) is 50.8 Å². The van der Waals surface area contributed by atoms with E-state index in [9.17, 15) is 4.79 Å². The van der Waals surface area contributed by atoms with Crippen LogP contribution >= 0.6 is 0 Å². The molecule has 0 saturated carbocycles. The zero-order valence-electron chi connectivity index (χ0n) is 12.7. The molecule has 1 aromatic carbocycles. The van der Waals surface area contributed by atoms with Gasteiger partial charge in [-0.05, 0) is 25.1 Å². The number of anilines is 1. The first kappa shape index (κ1) is 16.3. The van der Waals surface area contributed by atoms with Crippen molar-refractivity contribution in [1.29, 1.82) is 0 Å². The average molecular weight is 280 g/mol. The van der Waals surface area contributed by atoms with E-state index in [1.165, 1.54) is 7.11 Å². The molecule has 0 heterocycles. The number of carbonyl (C=O) groups is 1. The second-order valence-corrected chi connectivity index (χ2v) is 4.61. The van der Waals surface area contributed by atoms with Gasteiger partial charge in [-0.1, -0.05) is 13.0 Å². The lowest BCUT2D eigenvalue weighted by molar-refractivity contribution is -0.142. The van der Waals surface area contributed by atoms with Crippen molar-refractivity contribution >= 4 is 11.7 Å². The normalized spacial score (nSPS) is 11.8. The van der Waals surface area contributed by atoms with Gasteiger partial charge in [0.25, 0.3) is 0 Å². The molecule has 1 N–H and O–H groups in total. The highest BCUT2D eigenvalue weighted by atomic mass is 16.5. The summed E-state index contributed by atoms with van der Waals surface area (Å²) in [4.78, 5) is 13.8. The lowest BCUT2D eigenvalue weighted by Gasteiger charge is -2.25. The minimum atomic E-state index is -0.337. The summed E-state index contributed by atoms with van der Waals surface area (Å²) in [6, 6.07) is 7.41. The molecule has 0 bridgehead atoms. The Morgan fingerprint density at radius 2 is 2.15 bits per heavy atom. The number of likely N-dealkylation sites (N-methyl/N-ethyl adjacent to an activating group) is 1. The van der Waals surface area contributed by atoms with Gasteiger partial charge in [-0.25, -0.2) is 0 Å². The van der Waals surface area contributed by atoms with Crippen molar-refractivity contribution in [2.75, 3.05) is 39.3 Å². The van der Waals surface area contributed by atoms with Gasteiger partial charge in [0.2, 0.25) is 0 Å². The van der Waals surface area contributed by atoms with E-state index in [0.29, 0.717) is 6.54 Å². The van der Waals surface area contributed by atoms with Crippen LogP contribution in [0.15, 0.2) is 24.3 Å². The summed E-state index contributed by atoms with van der Waals surface area (Å²) in [6.45, 7) is 3.39. The van der Waals surface area contributed by atoms with E-state index in [-0.39, 0.29) is 12.0 Å². The van der Waals surface area contributed by atoms with Crippen LogP contribution in [0, 0.1) is 0 Å². The number of nitrogens with zero attached hydrogens (tertiary/aromatic N) is 1. The maximum absolute atomic E-state index is 11.8.